The monoisotopic (exact) mass is 333 g/mol. The Hall–Kier alpha value is -3.09. The van der Waals surface area contributed by atoms with Gasteiger partial charge in [0.25, 0.3) is 5.91 Å². The molecule has 2 aromatic carbocycles. The predicted octanol–water partition coefficient (Wildman–Crippen LogP) is 4.06. The molecule has 0 bridgehead atoms. The number of halogens is 3. The standard InChI is InChI=1S/C17H10F3NO3/c18-17(19,20)11-5-3-6-12(9-11)21-15(22)14-8-10-4-1-2-7-13(10)16(23)24-14/h1-9H,(H,21,22). The average Bonchev–Trinajstić information content (AvgIpc) is 2.54. The molecule has 3 aromatic rings. The summed E-state index contributed by atoms with van der Waals surface area (Å²) in [5.74, 6) is -1.09. The Morgan fingerprint density at radius 1 is 1.00 bits per heavy atom. The van der Waals surface area contributed by atoms with Gasteiger partial charge in [0.15, 0.2) is 5.76 Å². The molecule has 0 spiro atoms. The summed E-state index contributed by atoms with van der Waals surface area (Å²) in [5, 5.41) is 3.11. The van der Waals surface area contributed by atoms with E-state index in [0.717, 1.165) is 12.1 Å². The molecule has 0 aliphatic carbocycles. The molecule has 0 atom stereocenters. The van der Waals surface area contributed by atoms with Crippen LogP contribution in [0.5, 0.6) is 0 Å². The predicted molar refractivity (Wildman–Crippen MR) is 81.9 cm³/mol. The van der Waals surface area contributed by atoms with Gasteiger partial charge in [-0.3, -0.25) is 4.79 Å². The number of carbonyl (C=O) groups excluding carboxylic acids is 1. The van der Waals surface area contributed by atoms with Gasteiger partial charge in [-0.1, -0.05) is 24.3 Å². The number of alkyl halides is 3. The molecule has 0 saturated carbocycles. The number of carbonyl (C=O) groups is 1. The van der Waals surface area contributed by atoms with Crippen molar-refractivity contribution in [2.75, 3.05) is 5.32 Å². The normalized spacial score (nSPS) is 11.5. The number of nitrogens with one attached hydrogen (secondary N) is 1. The maximum Gasteiger partial charge on any atom is 0.416 e. The van der Waals surface area contributed by atoms with Gasteiger partial charge in [0, 0.05) is 5.69 Å². The summed E-state index contributed by atoms with van der Waals surface area (Å²) in [4.78, 5) is 24.0. The lowest BCUT2D eigenvalue weighted by Crippen LogP contribution is -2.15. The minimum absolute atomic E-state index is 0.0503. The Labute approximate surface area is 133 Å². The van der Waals surface area contributed by atoms with Gasteiger partial charge in [-0.15, -0.1) is 0 Å². The van der Waals surface area contributed by atoms with Crippen LogP contribution in [0.3, 0.4) is 0 Å². The Kier molecular flexibility index (Phi) is 3.84. The molecule has 0 aliphatic rings. The zero-order chi connectivity index (χ0) is 17.3. The van der Waals surface area contributed by atoms with E-state index in [0.29, 0.717) is 10.8 Å². The fourth-order valence-electron chi connectivity index (χ4n) is 2.21. The van der Waals surface area contributed by atoms with Crippen LogP contribution in [-0.2, 0) is 6.18 Å². The summed E-state index contributed by atoms with van der Waals surface area (Å²) in [6, 6.07) is 12.1. The lowest BCUT2D eigenvalue weighted by molar-refractivity contribution is -0.137. The number of anilines is 1. The summed E-state index contributed by atoms with van der Waals surface area (Å²) >= 11 is 0. The van der Waals surface area contributed by atoms with Crippen LogP contribution in [0.2, 0.25) is 0 Å². The largest absolute Gasteiger partial charge is 0.417 e. The number of hydrogen-bond acceptors (Lipinski definition) is 3. The van der Waals surface area contributed by atoms with Crippen molar-refractivity contribution in [3.8, 4) is 0 Å². The first-order valence-corrected chi connectivity index (χ1v) is 6.86. The molecular formula is C17H10F3NO3. The van der Waals surface area contributed by atoms with Crippen LogP contribution in [0.25, 0.3) is 10.8 Å². The first kappa shape index (κ1) is 15.8. The topological polar surface area (TPSA) is 59.3 Å². The molecule has 1 N–H and O–H groups in total. The molecule has 1 heterocycles. The van der Waals surface area contributed by atoms with Gasteiger partial charge >= 0.3 is 11.8 Å². The molecule has 1 aromatic heterocycles. The van der Waals surface area contributed by atoms with E-state index in [1.165, 1.54) is 18.2 Å². The molecule has 4 nitrogen and oxygen atoms in total. The third-order valence-electron chi connectivity index (χ3n) is 3.34. The summed E-state index contributed by atoms with van der Waals surface area (Å²) in [6.07, 6.45) is -4.52. The van der Waals surface area contributed by atoms with E-state index in [4.69, 9.17) is 4.42 Å². The molecule has 1 amide bonds. The summed E-state index contributed by atoms with van der Waals surface area (Å²) in [7, 11) is 0. The van der Waals surface area contributed by atoms with Crippen molar-refractivity contribution >= 4 is 22.4 Å². The number of fused-ring (bicyclic) bond motifs is 1. The highest BCUT2D eigenvalue weighted by Gasteiger charge is 2.30. The van der Waals surface area contributed by atoms with E-state index in [2.05, 4.69) is 5.32 Å². The maximum absolute atomic E-state index is 12.7. The first-order valence-electron chi connectivity index (χ1n) is 6.86. The van der Waals surface area contributed by atoms with E-state index in [1.807, 2.05) is 0 Å². The van der Waals surface area contributed by atoms with Gasteiger partial charge in [0.2, 0.25) is 0 Å². The summed E-state index contributed by atoms with van der Waals surface area (Å²) in [6.45, 7) is 0. The molecule has 122 valence electrons. The van der Waals surface area contributed by atoms with E-state index in [-0.39, 0.29) is 11.4 Å². The maximum atomic E-state index is 12.7. The van der Waals surface area contributed by atoms with E-state index < -0.39 is 23.3 Å². The third kappa shape index (κ3) is 3.15. The zero-order valence-corrected chi connectivity index (χ0v) is 12.1. The number of rotatable bonds is 2. The fraction of sp³-hybridized carbons (Fsp3) is 0.0588. The van der Waals surface area contributed by atoms with E-state index in [1.54, 1.807) is 24.3 Å². The average molecular weight is 333 g/mol. The Bertz CT molecular complexity index is 976. The SMILES string of the molecule is O=C(Nc1cccc(C(F)(F)F)c1)c1cc2ccccc2c(=O)o1. The highest BCUT2D eigenvalue weighted by Crippen LogP contribution is 2.30. The van der Waals surface area contributed by atoms with E-state index >= 15 is 0 Å². The second-order valence-electron chi connectivity index (χ2n) is 5.02. The van der Waals surface area contributed by atoms with Gasteiger partial charge in [0.1, 0.15) is 0 Å². The minimum Gasteiger partial charge on any atom is -0.417 e. The first-order chi connectivity index (χ1) is 11.3. The van der Waals surface area contributed by atoms with Crippen LogP contribution in [-0.4, -0.2) is 5.91 Å². The van der Waals surface area contributed by atoms with Crippen LogP contribution in [0.1, 0.15) is 16.1 Å². The zero-order valence-electron chi connectivity index (χ0n) is 12.1. The molecule has 0 unspecified atom stereocenters. The van der Waals surface area contributed by atoms with Crippen LogP contribution >= 0.6 is 0 Å². The van der Waals surface area contributed by atoms with Gasteiger partial charge in [0.05, 0.1) is 10.9 Å². The lowest BCUT2D eigenvalue weighted by atomic mass is 10.1. The second-order valence-corrected chi connectivity index (χ2v) is 5.02. The van der Waals surface area contributed by atoms with Crippen molar-refractivity contribution in [2.45, 2.75) is 6.18 Å². The van der Waals surface area contributed by atoms with Gasteiger partial charge in [-0.2, -0.15) is 13.2 Å². The van der Waals surface area contributed by atoms with Crippen molar-refractivity contribution in [3.05, 3.63) is 76.3 Å². The quantitative estimate of drug-likeness (QED) is 0.769. The minimum atomic E-state index is -4.52. The van der Waals surface area contributed by atoms with Crippen molar-refractivity contribution in [1.29, 1.82) is 0 Å². The molecule has 3 rings (SSSR count). The van der Waals surface area contributed by atoms with Crippen LogP contribution in [0.15, 0.2) is 63.8 Å². The van der Waals surface area contributed by atoms with Crippen molar-refractivity contribution in [3.63, 3.8) is 0 Å². The van der Waals surface area contributed by atoms with Crippen LogP contribution < -0.4 is 10.9 Å². The molecule has 0 fully saturated rings. The number of benzene rings is 2. The highest BCUT2D eigenvalue weighted by atomic mass is 19.4. The van der Waals surface area contributed by atoms with Crippen molar-refractivity contribution in [1.82, 2.24) is 0 Å². The molecule has 0 radical (unpaired) electrons. The van der Waals surface area contributed by atoms with Gasteiger partial charge < -0.3 is 9.73 Å². The summed E-state index contributed by atoms with van der Waals surface area (Å²) in [5.41, 5.74) is -1.63. The van der Waals surface area contributed by atoms with E-state index in [9.17, 15) is 22.8 Å². The summed E-state index contributed by atoms with van der Waals surface area (Å²) < 4.78 is 43.0. The Morgan fingerprint density at radius 2 is 1.75 bits per heavy atom. The molecule has 24 heavy (non-hydrogen) atoms. The van der Waals surface area contributed by atoms with Crippen LogP contribution in [0, 0.1) is 0 Å². The number of hydrogen-bond donors (Lipinski definition) is 1. The molecule has 7 heteroatoms. The van der Waals surface area contributed by atoms with Gasteiger partial charge in [-0.05, 0) is 35.7 Å². The smallest absolute Gasteiger partial charge is 0.416 e. The fourth-order valence-corrected chi connectivity index (χ4v) is 2.21. The molecular weight excluding hydrogens is 323 g/mol. The van der Waals surface area contributed by atoms with Gasteiger partial charge in [-0.25, -0.2) is 4.79 Å². The van der Waals surface area contributed by atoms with Crippen molar-refractivity contribution in [2.24, 2.45) is 0 Å². The lowest BCUT2D eigenvalue weighted by Gasteiger charge is -2.09. The Morgan fingerprint density at radius 3 is 2.50 bits per heavy atom. The molecule has 0 saturated heterocycles. The Balaban J connectivity index is 1.92. The number of amides is 1. The second kappa shape index (κ2) is 5.84. The highest BCUT2D eigenvalue weighted by molar-refractivity contribution is 6.03. The molecule has 0 aliphatic heterocycles. The van der Waals surface area contributed by atoms with Crippen LogP contribution in [0.4, 0.5) is 18.9 Å². The third-order valence-corrected chi connectivity index (χ3v) is 3.34. The van der Waals surface area contributed by atoms with Crippen molar-refractivity contribution < 1.29 is 22.4 Å².